The van der Waals surface area contributed by atoms with Gasteiger partial charge in [-0.05, 0) is 44.1 Å². The minimum absolute atomic E-state index is 0.308. The van der Waals surface area contributed by atoms with Crippen LogP contribution in [0.4, 0.5) is 0 Å². The normalized spacial score (nSPS) is 18.8. The molecule has 0 unspecified atom stereocenters. The van der Waals surface area contributed by atoms with E-state index in [0.717, 1.165) is 19.3 Å². The first-order valence-corrected chi connectivity index (χ1v) is 7.09. The summed E-state index contributed by atoms with van der Waals surface area (Å²) < 4.78 is 2.14. The molecule has 0 radical (unpaired) electrons. The monoisotopic (exact) mass is 248 g/mol. The number of aryl methyl sites for hydroxylation is 1. The molecule has 0 atom stereocenters. The van der Waals surface area contributed by atoms with Gasteiger partial charge in [-0.25, -0.2) is 0 Å². The molecule has 0 spiro atoms. The van der Waals surface area contributed by atoms with Crippen LogP contribution in [0.1, 0.15) is 56.2 Å². The van der Waals surface area contributed by atoms with Crippen LogP contribution in [0.5, 0.6) is 0 Å². The van der Waals surface area contributed by atoms with Gasteiger partial charge in [0, 0.05) is 18.7 Å². The van der Waals surface area contributed by atoms with Gasteiger partial charge in [0.05, 0.1) is 6.20 Å². The van der Waals surface area contributed by atoms with Crippen molar-refractivity contribution in [3.05, 3.63) is 17.5 Å². The lowest BCUT2D eigenvalue weighted by atomic mass is 9.71. The number of aromatic nitrogens is 2. The number of hydrogen-bond acceptors (Lipinski definition) is 2. The summed E-state index contributed by atoms with van der Waals surface area (Å²) in [6.07, 6.45) is 11.2. The first-order chi connectivity index (χ1) is 8.67. The molecular formula is C15H24N2O. The second kappa shape index (κ2) is 5.68. The maximum atomic E-state index is 10.7. The molecule has 0 amide bonds. The summed E-state index contributed by atoms with van der Waals surface area (Å²) in [6.45, 7) is 5.23. The Balaban J connectivity index is 2.13. The molecule has 1 aromatic heterocycles. The molecule has 18 heavy (non-hydrogen) atoms. The summed E-state index contributed by atoms with van der Waals surface area (Å²) in [5.74, 6) is 0. The second-order valence-corrected chi connectivity index (χ2v) is 5.84. The van der Waals surface area contributed by atoms with Crippen molar-refractivity contribution < 1.29 is 4.79 Å². The smallest absolute Gasteiger partial charge is 0.120 e. The second-order valence-electron chi connectivity index (χ2n) is 5.84. The van der Waals surface area contributed by atoms with E-state index in [1.165, 1.54) is 43.4 Å². The van der Waals surface area contributed by atoms with Crippen molar-refractivity contribution in [3.8, 4) is 0 Å². The van der Waals surface area contributed by atoms with Gasteiger partial charge in [-0.3, -0.25) is 4.68 Å². The lowest BCUT2D eigenvalue weighted by molar-refractivity contribution is -0.108. The van der Waals surface area contributed by atoms with Crippen molar-refractivity contribution in [1.29, 1.82) is 0 Å². The summed E-state index contributed by atoms with van der Waals surface area (Å²) in [7, 11) is 0. The first kappa shape index (κ1) is 13.3. The molecule has 0 N–H and O–H groups in total. The van der Waals surface area contributed by atoms with Crippen molar-refractivity contribution in [2.45, 2.75) is 65.3 Å². The zero-order chi connectivity index (χ0) is 13.0. The van der Waals surface area contributed by atoms with Gasteiger partial charge in [0.25, 0.3) is 0 Å². The van der Waals surface area contributed by atoms with Crippen molar-refractivity contribution in [3.63, 3.8) is 0 Å². The molecular weight excluding hydrogens is 224 g/mol. The molecule has 1 fully saturated rings. The standard InChI is InChI=1S/C15H24N2O/c1-13-11-16-17(14(13)2)12-15(9-6-10-18)7-4-3-5-8-15/h10-11H,3-9,12H2,1-2H3. The SMILES string of the molecule is Cc1cnn(CC2(CCC=O)CCCCC2)c1C. The van der Waals surface area contributed by atoms with Crippen LogP contribution in [-0.4, -0.2) is 16.1 Å². The molecule has 0 aliphatic heterocycles. The molecule has 1 aliphatic carbocycles. The van der Waals surface area contributed by atoms with Gasteiger partial charge < -0.3 is 4.79 Å². The Morgan fingerprint density at radius 2 is 2.06 bits per heavy atom. The quantitative estimate of drug-likeness (QED) is 0.748. The van der Waals surface area contributed by atoms with Crippen molar-refractivity contribution >= 4 is 6.29 Å². The summed E-state index contributed by atoms with van der Waals surface area (Å²) in [4.78, 5) is 10.7. The van der Waals surface area contributed by atoms with Crippen LogP contribution in [0.15, 0.2) is 6.20 Å². The van der Waals surface area contributed by atoms with Crippen molar-refractivity contribution in [2.75, 3.05) is 0 Å². The van der Waals surface area contributed by atoms with E-state index >= 15 is 0 Å². The summed E-state index contributed by atoms with van der Waals surface area (Å²) >= 11 is 0. The molecule has 3 nitrogen and oxygen atoms in total. The van der Waals surface area contributed by atoms with E-state index in [2.05, 4.69) is 23.6 Å². The van der Waals surface area contributed by atoms with Crippen LogP contribution < -0.4 is 0 Å². The topological polar surface area (TPSA) is 34.9 Å². The van der Waals surface area contributed by atoms with E-state index in [0.29, 0.717) is 11.8 Å². The van der Waals surface area contributed by atoms with Gasteiger partial charge in [0.1, 0.15) is 6.29 Å². The zero-order valence-electron chi connectivity index (χ0n) is 11.6. The van der Waals surface area contributed by atoms with Crippen LogP contribution in [0.2, 0.25) is 0 Å². The first-order valence-electron chi connectivity index (χ1n) is 7.09. The van der Waals surface area contributed by atoms with E-state index in [-0.39, 0.29) is 0 Å². The number of hydrogen-bond donors (Lipinski definition) is 0. The Morgan fingerprint density at radius 3 is 2.61 bits per heavy atom. The predicted octanol–water partition coefficient (Wildman–Crippen LogP) is 3.43. The van der Waals surface area contributed by atoms with Gasteiger partial charge in [-0.1, -0.05) is 19.3 Å². The Bertz CT molecular complexity index is 403. The number of nitrogens with zero attached hydrogens (tertiary/aromatic N) is 2. The lowest BCUT2D eigenvalue weighted by Crippen LogP contribution is -2.30. The predicted molar refractivity (Wildman–Crippen MR) is 72.5 cm³/mol. The maximum absolute atomic E-state index is 10.7. The molecule has 2 rings (SSSR count). The van der Waals surface area contributed by atoms with E-state index in [1.807, 2.05) is 6.20 Å². The molecule has 1 aliphatic rings. The average molecular weight is 248 g/mol. The highest BCUT2D eigenvalue weighted by molar-refractivity contribution is 5.49. The van der Waals surface area contributed by atoms with Gasteiger partial charge in [0.2, 0.25) is 0 Å². The third kappa shape index (κ3) is 2.82. The highest BCUT2D eigenvalue weighted by Crippen LogP contribution is 2.41. The summed E-state index contributed by atoms with van der Waals surface area (Å²) in [6, 6.07) is 0. The van der Waals surface area contributed by atoms with Gasteiger partial charge in [0.15, 0.2) is 0 Å². The maximum Gasteiger partial charge on any atom is 0.120 e. The molecule has 1 saturated carbocycles. The number of rotatable bonds is 5. The molecule has 0 bridgehead atoms. The highest BCUT2D eigenvalue weighted by Gasteiger charge is 2.32. The molecule has 1 aromatic rings. The third-order valence-corrected chi connectivity index (χ3v) is 4.54. The summed E-state index contributed by atoms with van der Waals surface area (Å²) in [5, 5.41) is 4.49. The van der Waals surface area contributed by atoms with Crippen LogP contribution in [0.25, 0.3) is 0 Å². The van der Waals surface area contributed by atoms with Crippen LogP contribution in [-0.2, 0) is 11.3 Å². The van der Waals surface area contributed by atoms with Crippen molar-refractivity contribution in [1.82, 2.24) is 9.78 Å². The van der Waals surface area contributed by atoms with Crippen LogP contribution in [0, 0.1) is 19.3 Å². The Labute approximate surface area is 110 Å². The van der Waals surface area contributed by atoms with E-state index < -0.39 is 0 Å². The largest absolute Gasteiger partial charge is 0.303 e. The fraction of sp³-hybridized carbons (Fsp3) is 0.733. The molecule has 1 heterocycles. The van der Waals surface area contributed by atoms with Gasteiger partial charge >= 0.3 is 0 Å². The number of aldehydes is 1. The molecule has 0 aromatic carbocycles. The number of carbonyl (C=O) groups is 1. The lowest BCUT2D eigenvalue weighted by Gasteiger charge is -2.37. The van der Waals surface area contributed by atoms with Gasteiger partial charge in [-0.15, -0.1) is 0 Å². The van der Waals surface area contributed by atoms with E-state index in [9.17, 15) is 4.79 Å². The third-order valence-electron chi connectivity index (χ3n) is 4.54. The fourth-order valence-corrected chi connectivity index (χ4v) is 3.17. The average Bonchev–Trinajstić information content (AvgIpc) is 2.70. The minimum Gasteiger partial charge on any atom is -0.303 e. The Hall–Kier alpha value is -1.12. The minimum atomic E-state index is 0.308. The fourth-order valence-electron chi connectivity index (χ4n) is 3.17. The Morgan fingerprint density at radius 1 is 1.33 bits per heavy atom. The van der Waals surface area contributed by atoms with E-state index in [4.69, 9.17) is 0 Å². The van der Waals surface area contributed by atoms with Crippen molar-refractivity contribution in [2.24, 2.45) is 5.41 Å². The highest BCUT2D eigenvalue weighted by atomic mass is 16.1. The van der Waals surface area contributed by atoms with Crippen LogP contribution in [0.3, 0.4) is 0 Å². The molecule has 3 heteroatoms. The zero-order valence-corrected chi connectivity index (χ0v) is 11.6. The molecule has 100 valence electrons. The number of carbonyl (C=O) groups excluding carboxylic acids is 1. The van der Waals surface area contributed by atoms with E-state index in [1.54, 1.807) is 0 Å². The molecule has 0 saturated heterocycles. The summed E-state index contributed by atoms with van der Waals surface area (Å²) in [5.41, 5.74) is 2.84. The Kier molecular flexibility index (Phi) is 4.20. The van der Waals surface area contributed by atoms with Gasteiger partial charge in [-0.2, -0.15) is 5.10 Å². The van der Waals surface area contributed by atoms with Crippen LogP contribution >= 0.6 is 0 Å².